The summed E-state index contributed by atoms with van der Waals surface area (Å²) in [6.07, 6.45) is -19.2. The summed E-state index contributed by atoms with van der Waals surface area (Å²) in [7, 11) is 0. The monoisotopic (exact) mass is 672 g/mol. The topological polar surface area (TPSA) is 355 Å². The van der Waals surface area contributed by atoms with Gasteiger partial charge in [0.2, 0.25) is 5.91 Å². The maximum atomic E-state index is 12.7. The molecule has 270 valence electrons. The quantitative estimate of drug-likeness (QED) is 0.0567. The lowest BCUT2D eigenvalue weighted by atomic mass is 9.77. The molecule has 3 rings (SSSR count). The highest BCUT2D eigenvalue weighted by Crippen LogP contribution is 2.36. The number of hydroxylamine groups is 2. The third-order valence-electron chi connectivity index (χ3n) is 8.61. The highest BCUT2D eigenvalue weighted by Gasteiger charge is 2.52. The van der Waals surface area contributed by atoms with Gasteiger partial charge in [-0.1, -0.05) is 0 Å². The number of nitrogens with one attached hydrogen (secondary N) is 1. The molecule has 3 fully saturated rings. The van der Waals surface area contributed by atoms with Crippen molar-refractivity contribution in [3.8, 4) is 0 Å². The molecule has 20 nitrogen and oxygen atoms in total. The number of ether oxygens (including phenoxy) is 4. The minimum Gasteiger partial charge on any atom is -0.394 e. The smallest absolute Gasteiger partial charge is 0.246 e. The van der Waals surface area contributed by atoms with Crippen LogP contribution in [0.4, 0.5) is 0 Å². The Hall–Kier alpha value is -1.25. The summed E-state index contributed by atoms with van der Waals surface area (Å²) < 4.78 is 23.1. The largest absolute Gasteiger partial charge is 0.394 e. The molecule has 0 aromatic carbocycles. The Kier molecular flexibility index (Phi) is 15.3. The van der Waals surface area contributed by atoms with Crippen molar-refractivity contribution in [3.05, 3.63) is 0 Å². The van der Waals surface area contributed by atoms with Gasteiger partial charge in [0.05, 0.1) is 31.4 Å². The lowest BCUT2D eigenvalue weighted by Gasteiger charge is -2.49. The normalized spacial score (nSPS) is 42.5. The Morgan fingerprint density at radius 1 is 0.870 bits per heavy atom. The van der Waals surface area contributed by atoms with Crippen LogP contribution in [0.15, 0.2) is 0 Å². The number of aliphatic hydroxyl groups is 8. The molecule has 18 N–H and O–H groups in total. The van der Waals surface area contributed by atoms with Gasteiger partial charge in [-0.05, 0) is 25.3 Å². The highest BCUT2D eigenvalue weighted by atomic mass is 16.7. The Labute approximate surface area is 265 Å². The molecule has 46 heavy (non-hydrogen) atoms. The van der Waals surface area contributed by atoms with Gasteiger partial charge in [0.1, 0.15) is 54.9 Å². The maximum Gasteiger partial charge on any atom is 0.246 e. The van der Waals surface area contributed by atoms with E-state index in [9.17, 15) is 50.9 Å². The Morgan fingerprint density at radius 2 is 1.50 bits per heavy atom. The van der Waals surface area contributed by atoms with E-state index >= 15 is 0 Å². The SMILES string of the molecule is NCCC(O)CNC[C@H]1O[C@H](OC2[C@@H](N)C[C@@H](CC(=O)N(O)CCN)[C@H](O[C@H]3O[C@H](CO)[C@@H](O)[C@H](N)[C@H]3O)[C@H]2O)[C@H](O)[C@@H](O)[C@@H]1O. The molecule has 0 aromatic rings. The van der Waals surface area contributed by atoms with Crippen molar-refractivity contribution in [3.63, 3.8) is 0 Å². The Morgan fingerprint density at radius 3 is 2.13 bits per heavy atom. The zero-order valence-corrected chi connectivity index (χ0v) is 25.4. The van der Waals surface area contributed by atoms with Crippen molar-refractivity contribution in [2.75, 3.05) is 39.3 Å². The molecule has 0 bridgehead atoms. The van der Waals surface area contributed by atoms with Crippen molar-refractivity contribution in [1.29, 1.82) is 0 Å². The number of nitrogens with two attached hydrogens (primary N) is 4. The van der Waals surface area contributed by atoms with Crippen LogP contribution in [0.5, 0.6) is 0 Å². The van der Waals surface area contributed by atoms with E-state index in [0.29, 0.717) is 11.5 Å². The Balaban J connectivity index is 1.80. The number of aliphatic hydroxyl groups excluding tert-OH is 8. The average molecular weight is 673 g/mol. The molecule has 0 radical (unpaired) electrons. The third kappa shape index (κ3) is 9.46. The van der Waals surface area contributed by atoms with Crippen molar-refractivity contribution >= 4 is 5.91 Å². The van der Waals surface area contributed by atoms with Crippen LogP contribution in [-0.2, 0) is 23.7 Å². The van der Waals surface area contributed by atoms with E-state index in [1.54, 1.807) is 0 Å². The number of carbonyl (C=O) groups excluding carboxylic acids is 1. The standard InChI is InChI=1S/C26H52N6O14/c27-2-1-11(34)7-31-8-13-18(37)20(39)21(40)26(43-13)46-24-12(29)5-10(6-15(35)32(42)4-3-28)23(22(24)41)45-25-19(38)16(30)17(36)14(9-33)44-25/h10-14,16-26,31,33-34,36-42H,1-9,27-30H2/t10-,11?,12-,13+,14+,16-,17+,18+,19+,20-,21+,22+,23-,24?,25+,26+/m0/s1. The van der Waals surface area contributed by atoms with Crippen molar-refractivity contribution < 1.29 is 69.8 Å². The molecule has 1 aliphatic carbocycles. The predicted molar refractivity (Wildman–Crippen MR) is 154 cm³/mol. The average Bonchev–Trinajstić information content (AvgIpc) is 3.01. The van der Waals surface area contributed by atoms with Crippen LogP contribution in [0, 0.1) is 5.92 Å². The first-order chi connectivity index (χ1) is 21.7. The summed E-state index contributed by atoms with van der Waals surface area (Å²) in [6, 6.07) is -2.35. The molecule has 0 aromatic heterocycles. The summed E-state index contributed by atoms with van der Waals surface area (Å²) in [4.78, 5) is 12.7. The van der Waals surface area contributed by atoms with E-state index in [-0.39, 0.29) is 39.1 Å². The third-order valence-corrected chi connectivity index (χ3v) is 8.61. The number of hydrogen-bond donors (Lipinski definition) is 14. The second kappa shape index (κ2) is 17.9. The van der Waals surface area contributed by atoms with Gasteiger partial charge >= 0.3 is 0 Å². The molecule has 2 aliphatic heterocycles. The number of hydrogen-bond acceptors (Lipinski definition) is 19. The van der Waals surface area contributed by atoms with Gasteiger partial charge in [0.15, 0.2) is 12.6 Å². The number of carbonyl (C=O) groups is 1. The van der Waals surface area contributed by atoms with Crippen LogP contribution in [0.3, 0.4) is 0 Å². The van der Waals surface area contributed by atoms with Crippen LogP contribution in [0.25, 0.3) is 0 Å². The van der Waals surface area contributed by atoms with E-state index in [4.69, 9.17) is 41.9 Å². The number of nitrogens with zero attached hydrogens (tertiary/aromatic N) is 1. The van der Waals surface area contributed by atoms with Gasteiger partial charge < -0.3 is 88.1 Å². The summed E-state index contributed by atoms with van der Waals surface area (Å²) in [5.41, 5.74) is 23.1. The second-order valence-electron chi connectivity index (χ2n) is 12.0. The van der Waals surface area contributed by atoms with E-state index < -0.39 is 117 Å². The summed E-state index contributed by atoms with van der Waals surface area (Å²) in [6.45, 7) is -0.617. The maximum absolute atomic E-state index is 12.7. The van der Waals surface area contributed by atoms with Crippen molar-refractivity contribution in [2.24, 2.45) is 28.9 Å². The number of rotatable bonds is 15. The molecule has 1 saturated carbocycles. The minimum absolute atomic E-state index is 0.0369. The first-order valence-corrected chi connectivity index (χ1v) is 15.4. The molecule has 3 aliphatic rings. The van der Waals surface area contributed by atoms with E-state index in [0.717, 1.165) is 0 Å². The van der Waals surface area contributed by atoms with Crippen LogP contribution in [-0.4, -0.2) is 188 Å². The number of amides is 1. The van der Waals surface area contributed by atoms with Gasteiger partial charge in [0, 0.05) is 32.1 Å². The molecule has 0 spiro atoms. The lowest BCUT2D eigenvalue weighted by molar-refractivity contribution is -0.335. The van der Waals surface area contributed by atoms with Crippen LogP contribution < -0.4 is 28.3 Å². The van der Waals surface area contributed by atoms with Crippen LogP contribution >= 0.6 is 0 Å². The molecule has 20 heteroatoms. The van der Waals surface area contributed by atoms with E-state index in [2.05, 4.69) is 5.32 Å². The summed E-state index contributed by atoms with van der Waals surface area (Å²) in [5.74, 6) is -1.69. The molecule has 16 atom stereocenters. The fourth-order valence-corrected chi connectivity index (χ4v) is 5.91. The predicted octanol–water partition coefficient (Wildman–Crippen LogP) is -8.10. The molecule has 1 amide bonds. The van der Waals surface area contributed by atoms with Gasteiger partial charge in [-0.25, -0.2) is 5.06 Å². The zero-order valence-electron chi connectivity index (χ0n) is 25.4. The van der Waals surface area contributed by atoms with Gasteiger partial charge in [0.25, 0.3) is 0 Å². The van der Waals surface area contributed by atoms with Gasteiger partial charge in [-0.3, -0.25) is 10.0 Å². The molecular formula is C26H52N6O14. The first kappa shape index (κ1) is 39.2. The molecule has 2 saturated heterocycles. The van der Waals surface area contributed by atoms with E-state index in [1.807, 2.05) is 0 Å². The molecule has 2 unspecified atom stereocenters. The van der Waals surface area contributed by atoms with Crippen LogP contribution in [0.2, 0.25) is 0 Å². The lowest BCUT2D eigenvalue weighted by Crippen LogP contribution is -2.67. The minimum atomic E-state index is -1.79. The van der Waals surface area contributed by atoms with Crippen molar-refractivity contribution in [2.45, 2.75) is 111 Å². The van der Waals surface area contributed by atoms with Gasteiger partial charge in [-0.15, -0.1) is 0 Å². The van der Waals surface area contributed by atoms with E-state index in [1.165, 1.54) is 0 Å². The van der Waals surface area contributed by atoms with Gasteiger partial charge in [-0.2, -0.15) is 0 Å². The fourth-order valence-electron chi connectivity index (χ4n) is 5.91. The fraction of sp³-hybridized carbons (Fsp3) is 0.962. The summed E-state index contributed by atoms with van der Waals surface area (Å²) in [5, 5.41) is 97.0. The molecule has 2 heterocycles. The highest BCUT2D eigenvalue weighted by molar-refractivity contribution is 5.75. The summed E-state index contributed by atoms with van der Waals surface area (Å²) >= 11 is 0. The zero-order chi connectivity index (χ0) is 34.3. The Bertz CT molecular complexity index is 930. The first-order valence-electron chi connectivity index (χ1n) is 15.4. The van der Waals surface area contributed by atoms with Crippen LogP contribution in [0.1, 0.15) is 19.3 Å². The van der Waals surface area contributed by atoms with Crippen molar-refractivity contribution in [1.82, 2.24) is 10.4 Å². The molecular weight excluding hydrogens is 620 g/mol. The second-order valence-corrected chi connectivity index (χ2v) is 12.0.